The summed E-state index contributed by atoms with van der Waals surface area (Å²) in [7, 11) is 0. The van der Waals surface area contributed by atoms with Crippen LogP contribution in [-0.4, -0.2) is 4.92 Å². The Bertz CT molecular complexity index is 217. The van der Waals surface area contributed by atoms with Gasteiger partial charge >= 0.3 is 0 Å². The van der Waals surface area contributed by atoms with Gasteiger partial charge in [-0.3, -0.25) is 10.1 Å². The van der Waals surface area contributed by atoms with Gasteiger partial charge in [-0.25, -0.2) is 0 Å². The van der Waals surface area contributed by atoms with E-state index in [1.54, 1.807) is 12.2 Å². The Hall–Kier alpha value is -1.12. The molecule has 3 nitrogen and oxygen atoms in total. The topological polar surface area (TPSA) is 43.1 Å². The van der Waals surface area contributed by atoms with Gasteiger partial charge in [0.05, 0.1) is 4.92 Å². The second kappa shape index (κ2) is 5.52. The molecule has 0 radical (unpaired) electrons. The van der Waals surface area contributed by atoms with Crippen molar-refractivity contribution in [3.63, 3.8) is 0 Å². The fourth-order valence-corrected chi connectivity index (χ4v) is 0.959. The zero-order valence-corrected chi connectivity index (χ0v) is 7.83. The van der Waals surface area contributed by atoms with Gasteiger partial charge in [0.2, 0.25) is 0 Å². The van der Waals surface area contributed by atoms with E-state index in [-0.39, 0.29) is 10.6 Å². The third-order valence-electron chi connectivity index (χ3n) is 1.50. The van der Waals surface area contributed by atoms with E-state index >= 15 is 0 Å². The fraction of sp³-hybridized carbons (Fsp3) is 0.556. The van der Waals surface area contributed by atoms with E-state index in [2.05, 4.69) is 0 Å². The van der Waals surface area contributed by atoms with Gasteiger partial charge in [0.15, 0.2) is 0 Å². The number of hydrogen-bond acceptors (Lipinski definition) is 2. The number of allylic oxidation sites excluding steroid dienone is 3. The summed E-state index contributed by atoms with van der Waals surface area (Å²) in [6.07, 6.45) is 5.05. The summed E-state index contributed by atoms with van der Waals surface area (Å²) >= 11 is 0. The standard InChI is InChI=1S/C7H9NO2.C2H6/c1-6-3-2-4-7(5-6)8(9)10;1-2/h4-5H,2-3H2,1H3;1-2H3. The van der Waals surface area contributed by atoms with E-state index in [4.69, 9.17) is 0 Å². The van der Waals surface area contributed by atoms with Gasteiger partial charge in [-0.05, 0) is 25.8 Å². The van der Waals surface area contributed by atoms with Crippen molar-refractivity contribution in [2.75, 3.05) is 0 Å². The molecule has 1 aliphatic carbocycles. The quantitative estimate of drug-likeness (QED) is 0.447. The molecule has 0 atom stereocenters. The maximum Gasteiger partial charge on any atom is 0.265 e. The van der Waals surface area contributed by atoms with Gasteiger partial charge in [0, 0.05) is 6.08 Å². The third kappa shape index (κ3) is 3.32. The molecule has 0 heterocycles. The molecular weight excluding hydrogens is 154 g/mol. The van der Waals surface area contributed by atoms with E-state index in [1.165, 1.54) is 0 Å². The van der Waals surface area contributed by atoms with Crippen LogP contribution in [0.15, 0.2) is 23.4 Å². The molecule has 0 saturated heterocycles. The van der Waals surface area contributed by atoms with Crippen molar-refractivity contribution in [3.05, 3.63) is 33.5 Å². The molecule has 1 aliphatic rings. The molecule has 0 spiro atoms. The Morgan fingerprint density at radius 3 is 2.42 bits per heavy atom. The number of rotatable bonds is 1. The van der Waals surface area contributed by atoms with Crippen LogP contribution in [0.1, 0.15) is 33.6 Å². The molecule has 0 aromatic rings. The lowest BCUT2D eigenvalue weighted by molar-refractivity contribution is -0.419. The van der Waals surface area contributed by atoms with Crippen LogP contribution in [0.5, 0.6) is 0 Å². The van der Waals surface area contributed by atoms with Crippen LogP contribution in [0.25, 0.3) is 0 Å². The predicted molar refractivity (Wildman–Crippen MR) is 49.4 cm³/mol. The van der Waals surface area contributed by atoms with Crippen LogP contribution in [0.3, 0.4) is 0 Å². The first kappa shape index (κ1) is 10.9. The molecule has 0 aromatic carbocycles. The van der Waals surface area contributed by atoms with Crippen LogP contribution in [0.4, 0.5) is 0 Å². The van der Waals surface area contributed by atoms with Crippen molar-refractivity contribution < 1.29 is 4.92 Å². The highest BCUT2D eigenvalue weighted by Gasteiger charge is 2.10. The summed E-state index contributed by atoms with van der Waals surface area (Å²) in [5.74, 6) is 0. The largest absolute Gasteiger partial charge is 0.265 e. The van der Waals surface area contributed by atoms with Gasteiger partial charge < -0.3 is 0 Å². The molecule has 68 valence electrons. The lowest BCUT2D eigenvalue weighted by Gasteiger charge is -2.02. The Morgan fingerprint density at radius 1 is 1.50 bits per heavy atom. The summed E-state index contributed by atoms with van der Waals surface area (Å²) in [4.78, 5) is 9.85. The molecule has 0 aliphatic heterocycles. The van der Waals surface area contributed by atoms with E-state index in [0.717, 1.165) is 18.4 Å². The zero-order valence-electron chi connectivity index (χ0n) is 7.83. The molecular formula is C9H15NO2. The maximum atomic E-state index is 10.2. The van der Waals surface area contributed by atoms with Crippen LogP contribution >= 0.6 is 0 Å². The summed E-state index contributed by atoms with van der Waals surface area (Å²) in [6.45, 7) is 5.91. The van der Waals surface area contributed by atoms with Crippen LogP contribution in [0.2, 0.25) is 0 Å². The van der Waals surface area contributed by atoms with Crippen LogP contribution in [0, 0.1) is 10.1 Å². The first-order valence-electron chi connectivity index (χ1n) is 4.22. The molecule has 0 unspecified atom stereocenters. The van der Waals surface area contributed by atoms with E-state index in [1.807, 2.05) is 20.8 Å². The maximum absolute atomic E-state index is 10.2. The minimum atomic E-state index is -0.345. The minimum absolute atomic E-state index is 0.240. The molecule has 0 N–H and O–H groups in total. The molecule has 0 amide bonds. The average molecular weight is 169 g/mol. The van der Waals surface area contributed by atoms with Crippen molar-refractivity contribution in [3.8, 4) is 0 Å². The van der Waals surface area contributed by atoms with Crippen LogP contribution in [-0.2, 0) is 0 Å². The summed E-state index contributed by atoms with van der Waals surface area (Å²) in [5, 5.41) is 10.2. The van der Waals surface area contributed by atoms with Gasteiger partial charge in [0.25, 0.3) is 5.70 Å². The second-order valence-corrected chi connectivity index (χ2v) is 2.42. The molecule has 0 fully saturated rings. The highest BCUT2D eigenvalue weighted by Crippen LogP contribution is 2.16. The Morgan fingerprint density at radius 2 is 2.08 bits per heavy atom. The van der Waals surface area contributed by atoms with Crippen molar-refractivity contribution in [1.82, 2.24) is 0 Å². The first-order chi connectivity index (χ1) is 5.70. The highest BCUT2D eigenvalue weighted by atomic mass is 16.6. The summed E-state index contributed by atoms with van der Waals surface area (Å²) in [6, 6.07) is 0. The predicted octanol–water partition coefficient (Wildman–Crippen LogP) is 2.91. The van der Waals surface area contributed by atoms with Crippen molar-refractivity contribution in [1.29, 1.82) is 0 Å². The number of nitrogens with zero attached hydrogens (tertiary/aromatic N) is 1. The Kier molecular flexibility index (Phi) is 5.00. The third-order valence-corrected chi connectivity index (χ3v) is 1.50. The molecule has 3 heteroatoms. The molecule has 1 rings (SSSR count). The first-order valence-corrected chi connectivity index (χ1v) is 4.22. The van der Waals surface area contributed by atoms with E-state index in [9.17, 15) is 10.1 Å². The van der Waals surface area contributed by atoms with Crippen molar-refractivity contribution >= 4 is 0 Å². The molecule has 0 aromatic heterocycles. The van der Waals surface area contributed by atoms with Crippen LogP contribution < -0.4 is 0 Å². The smallest absolute Gasteiger partial charge is 0.258 e. The number of nitro groups is 1. The Balaban J connectivity index is 0.000000561. The minimum Gasteiger partial charge on any atom is -0.258 e. The fourth-order valence-electron chi connectivity index (χ4n) is 0.959. The highest BCUT2D eigenvalue weighted by molar-refractivity contribution is 5.20. The normalized spacial score (nSPS) is 15.2. The van der Waals surface area contributed by atoms with E-state index < -0.39 is 0 Å². The molecule has 0 saturated carbocycles. The summed E-state index contributed by atoms with van der Waals surface area (Å²) < 4.78 is 0. The molecule has 0 bridgehead atoms. The average Bonchev–Trinajstić information content (AvgIpc) is 2.08. The number of hydrogen-bond donors (Lipinski definition) is 0. The van der Waals surface area contributed by atoms with E-state index in [0.29, 0.717) is 0 Å². The second-order valence-electron chi connectivity index (χ2n) is 2.42. The van der Waals surface area contributed by atoms with Crippen molar-refractivity contribution in [2.24, 2.45) is 0 Å². The van der Waals surface area contributed by atoms with Gasteiger partial charge in [-0.1, -0.05) is 19.4 Å². The van der Waals surface area contributed by atoms with Gasteiger partial charge in [-0.2, -0.15) is 0 Å². The molecule has 12 heavy (non-hydrogen) atoms. The van der Waals surface area contributed by atoms with Gasteiger partial charge in [0.1, 0.15) is 0 Å². The SMILES string of the molecule is CC.CC1=CC([N+](=O)[O-])=CCC1. The zero-order chi connectivity index (χ0) is 9.56. The lowest BCUT2D eigenvalue weighted by Crippen LogP contribution is -1.99. The van der Waals surface area contributed by atoms with Gasteiger partial charge in [-0.15, -0.1) is 0 Å². The monoisotopic (exact) mass is 169 g/mol. The lowest BCUT2D eigenvalue weighted by atomic mass is 10.1. The summed E-state index contributed by atoms with van der Waals surface area (Å²) in [5.41, 5.74) is 1.33. The Labute approximate surface area is 72.9 Å². The van der Waals surface area contributed by atoms with Crippen molar-refractivity contribution in [2.45, 2.75) is 33.6 Å².